The van der Waals surface area contributed by atoms with E-state index in [1.807, 2.05) is 17.8 Å². The van der Waals surface area contributed by atoms with E-state index in [0.29, 0.717) is 46.6 Å². The molecule has 4 aliphatic rings. The van der Waals surface area contributed by atoms with E-state index in [4.69, 9.17) is 21.7 Å². The van der Waals surface area contributed by atoms with Crippen LogP contribution in [-0.2, 0) is 23.7 Å². The van der Waals surface area contributed by atoms with Crippen molar-refractivity contribution in [3.63, 3.8) is 0 Å². The molecular weight excluding hydrogens is 706 g/mol. The Kier molecular flexibility index (Phi) is 8.76. The van der Waals surface area contributed by atoms with Gasteiger partial charge in [0.1, 0.15) is 10.7 Å². The van der Waals surface area contributed by atoms with E-state index in [2.05, 4.69) is 53.5 Å². The van der Waals surface area contributed by atoms with Gasteiger partial charge in [0.05, 0.1) is 40.9 Å². The number of imide groups is 1. The molecule has 0 saturated carbocycles. The van der Waals surface area contributed by atoms with Crippen molar-refractivity contribution in [2.75, 3.05) is 60.9 Å². The van der Waals surface area contributed by atoms with Crippen molar-refractivity contribution in [1.82, 2.24) is 39.5 Å². The predicted octanol–water partition coefficient (Wildman–Crippen LogP) is 4.35. The van der Waals surface area contributed by atoms with Crippen LogP contribution in [0.3, 0.4) is 0 Å². The Morgan fingerprint density at radius 1 is 0.944 bits per heavy atom. The molecule has 0 radical (unpaired) electrons. The van der Waals surface area contributed by atoms with Crippen LogP contribution in [0.4, 0.5) is 23.1 Å². The Balaban J connectivity index is 0.775. The van der Waals surface area contributed by atoms with Gasteiger partial charge in [-0.1, -0.05) is 23.7 Å². The van der Waals surface area contributed by atoms with Crippen molar-refractivity contribution in [3.05, 3.63) is 69.9 Å². The first-order chi connectivity index (χ1) is 26.1. The first-order valence-corrected chi connectivity index (χ1v) is 19.3. The first-order valence-electron chi connectivity index (χ1n) is 18.9. The van der Waals surface area contributed by atoms with Gasteiger partial charge in [-0.2, -0.15) is 10.1 Å². The standard InChI is InChI=1S/C39H44ClN11O3/c1-47-32(53)9-6-25-18-26(19-41-36(25)47)43-35-29(40)20-42-38(45-35)51-16-12-39(13-17-51)22-49(23-39)21-24-10-14-50(15-11-24)30-5-3-4-27-33(46-48(2)34(27)30)28-7-8-31(52)44-37(28)54/h3-6,9,18-20,24,28H,7-8,10-17,21-23H2,1-2H3,(H,42,43,45)(H,44,52,54). The summed E-state index contributed by atoms with van der Waals surface area (Å²) in [7, 11) is 3.66. The molecule has 54 heavy (non-hydrogen) atoms. The van der Waals surface area contributed by atoms with Crippen molar-refractivity contribution in [2.24, 2.45) is 25.4 Å². The maximum Gasteiger partial charge on any atom is 0.251 e. The van der Waals surface area contributed by atoms with Crippen molar-refractivity contribution in [1.29, 1.82) is 0 Å². The molecule has 9 rings (SSSR count). The third-order valence-corrected chi connectivity index (χ3v) is 12.4. The van der Waals surface area contributed by atoms with Gasteiger partial charge in [0.15, 0.2) is 5.82 Å². The number of carbonyl (C=O) groups is 2. The fourth-order valence-corrected chi connectivity index (χ4v) is 9.26. The smallest absolute Gasteiger partial charge is 0.251 e. The highest BCUT2D eigenvalue weighted by Crippen LogP contribution is 2.42. The van der Waals surface area contributed by atoms with Gasteiger partial charge in [-0.05, 0) is 61.6 Å². The SMILES string of the molecule is Cn1nc(C2CCC(=O)NC2=O)c2cccc(N3CCC(CN4CC5(CCN(c6ncc(Cl)c(Nc7cnc8c(ccc(=O)n8C)c7)n6)CC5)C4)CC3)c21. The molecule has 15 heteroatoms. The normalized spacial score (nSPS) is 20.8. The van der Waals surface area contributed by atoms with Crippen LogP contribution in [-0.4, -0.2) is 91.8 Å². The van der Waals surface area contributed by atoms with E-state index in [-0.39, 0.29) is 17.4 Å². The Labute approximate surface area is 317 Å². The van der Waals surface area contributed by atoms with E-state index in [1.54, 1.807) is 25.5 Å². The third-order valence-electron chi connectivity index (χ3n) is 12.1. The highest BCUT2D eigenvalue weighted by atomic mass is 35.5. The zero-order valence-electron chi connectivity index (χ0n) is 30.6. The fourth-order valence-electron chi connectivity index (χ4n) is 9.12. The van der Waals surface area contributed by atoms with Gasteiger partial charge in [-0.25, -0.2) is 9.97 Å². The van der Waals surface area contributed by atoms with Gasteiger partial charge in [0.2, 0.25) is 17.8 Å². The number of anilines is 4. The van der Waals surface area contributed by atoms with Gasteiger partial charge in [0, 0.05) is 83.2 Å². The average Bonchev–Trinajstić information content (AvgIpc) is 3.50. The zero-order chi connectivity index (χ0) is 37.1. The topological polar surface area (TPSA) is 146 Å². The summed E-state index contributed by atoms with van der Waals surface area (Å²) in [6.45, 7) is 7.23. The van der Waals surface area contributed by atoms with Crippen LogP contribution < -0.4 is 26.0 Å². The summed E-state index contributed by atoms with van der Waals surface area (Å²) in [6.07, 6.45) is 8.68. The zero-order valence-corrected chi connectivity index (χ0v) is 31.3. The van der Waals surface area contributed by atoms with Crippen LogP contribution in [0.1, 0.15) is 50.1 Å². The van der Waals surface area contributed by atoms with Crippen LogP contribution in [0.15, 0.2) is 53.6 Å². The van der Waals surface area contributed by atoms with E-state index < -0.39 is 5.92 Å². The van der Waals surface area contributed by atoms with Gasteiger partial charge in [-0.3, -0.25) is 28.9 Å². The van der Waals surface area contributed by atoms with E-state index in [9.17, 15) is 14.4 Å². The van der Waals surface area contributed by atoms with Gasteiger partial charge >= 0.3 is 0 Å². The highest BCUT2D eigenvalue weighted by molar-refractivity contribution is 6.32. The second-order valence-corrected chi connectivity index (χ2v) is 16.0. The molecule has 1 spiro atoms. The number of aryl methyl sites for hydroxylation is 2. The number of nitrogens with zero attached hydrogens (tertiary/aromatic N) is 9. The Bertz CT molecular complexity index is 2330. The molecule has 2 amide bonds. The van der Waals surface area contributed by atoms with Crippen molar-refractivity contribution in [2.45, 2.75) is 44.4 Å². The quantitative estimate of drug-likeness (QED) is 0.229. The van der Waals surface area contributed by atoms with Crippen LogP contribution in [0, 0.1) is 11.3 Å². The van der Waals surface area contributed by atoms with E-state index >= 15 is 0 Å². The Morgan fingerprint density at radius 2 is 1.74 bits per heavy atom. The van der Waals surface area contributed by atoms with Crippen molar-refractivity contribution >= 4 is 68.5 Å². The number of piperidine rings is 3. The summed E-state index contributed by atoms with van der Waals surface area (Å²) < 4.78 is 3.44. The summed E-state index contributed by atoms with van der Waals surface area (Å²) in [5, 5.41) is 12.9. The van der Waals surface area contributed by atoms with E-state index in [1.165, 1.54) is 16.3 Å². The lowest BCUT2D eigenvalue weighted by Gasteiger charge is -2.55. The number of rotatable bonds is 7. The molecule has 8 heterocycles. The number of hydrogen-bond acceptors (Lipinski definition) is 11. The molecule has 1 unspecified atom stereocenters. The molecule has 2 N–H and O–H groups in total. The molecule has 5 aromatic rings. The second-order valence-electron chi connectivity index (χ2n) is 15.6. The third kappa shape index (κ3) is 6.34. The lowest BCUT2D eigenvalue weighted by Crippen LogP contribution is -2.61. The Hall–Kier alpha value is -5.08. The summed E-state index contributed by atoms with van der Waals surface area (Å²) in [6, 6.07) is 11.5. The number of nitrogens with one attached hydrogen (secondary N) is 2. The number of benzene rings is 1. The lowest BCUT2D eigenvalue weighted by atomic mass is 9.71. The van der Waals surface area contributed by atoms with Crippen LogP contribution >= 0.6 is 11.6 Å². The first kappa shape index (κ1) is 34.7. The largest absolute Gasteiger partial charge is 0.370 e. The molecule has 0 aliphatic carbocycles. The number of halogens is 1. The van der Waals surface area contributed by atoms with E-state index in [0.717, 1.165) is 99.2 Å². The molecule has 4 saturated heterocycles. The maximum absolute atomic E-state index is 12.7. The number of pyridine rings is 2. The van der Waals surface area contributed by atoms with Crippen LogP contribution in [0.2, 0.25) is 5.02 Å². The van der Waals surface area contributed by atoms with Gasteiger partial charge in [-0.15, -0.1) is 0 Å². The summed E-state index contributed by atoms with van der Waals surface area (Å²) >= 11 is 6.52. The molecule has 0 bridgehead atoms. The number of para-hydroxylation sites is 1. The number of hydrogen-bond donors (Lipinski definition) is 2. The minimum Gasteiger partial charge on any atom is -0.370 e. The Morgan fingerprint density at radius 3 is 2.52 bits per heavy atom. The second kappa shape index (κ2) is 13.6. The van der Waals surface area contributed by atoms with Crippen molar-refractivity contribution < 1.29 is 9.59 Å². The van der Waals surface area contributed by atoms with Gasteiger partial charge < -0.3 is 20.0 Å². The molecule has 4 aromatic heterocycles. The molecule has 4 fully saturated rings. The number of amides is 2. The minimum absolute atomic E-state index is 0.101. The highest BCUT2D eigenvalue weighted by Gasteiger charge is 2.45. The number of likely N-dealkylation sites (tertiary alicyclic amines) is 1. The fraction of sp³-hybridized carbons (Fsp3) is 0.462. The molecule has 14 nitrogen and oxygen atoms in total. The average molecular weight is 750 g/mol. The number of aromatic nitrogens is 6. The maximum atomic E-state index is 12.7. The van der Waals surface area contributed by atoms with Crippen LogP contribution in [0.5, 0.6) is 0 Å². The monoisotopic (exact) mass is 749 g/mol. The molecule has 1 aromatic carbocycles. The predicted molar refractivity (Wildman–Crippen MR) is 208 cm³/mol. The van der Waals surface area contributed by atoms with Crippen molar-refractivity contribution in [3.8, 4) is 0 Å². The van der Waals surface area contributed by atoms with Gasteiger partial charge in [0.25, 0.3) is 5.56 Å². The molecular formula is C39H44ClN11O3. The van der Waals surface area contributed by atoms with Crippen LogP contribution in [0.25, 0.3) is 21.9 Å². The molecule has 1 atom stereocenters. The number of fused-ring (bicyclic) bond motifs is 2. The summed E-state index contributed by atoms with van der Waals surface area (Å²) in [5.74, 6) is 1.01. The molecule has 280 valence electrons. The molecule has 4 aliphatic heterocycles. The lowest BCUT2D eigenvalue weighted by molar-refractivity contribution is -0.134. The summed E-state index contributed by atoms with van der Waals surface area (Å²) in [5.41, 5.74) is 4.59. The summed E-state index contributed by atoms with van der Waals surface area (Å²) in [4.78, 5) is 57.7. The minimum atomic E-state index is -0.402. The number of carbonyl (C=O) groups excluding carboxylic acids is 2.